The van der Waals surface area contributed by atoms with Crippen molar-refractivity contribution in [3.05, 3.63) is 33.3 Å². The lowest BCUT2D eigenvalue weighted by Crippen LogP contribution is -2.25. The average Bonchev–Trinajstić information content (AvgIpc) is 2.90. The fraction of sp³-hybridized carbons (Fsp3) is 0.385. The third-order valence-corrected chi connectivity index (χ3v) is 4.11. The molecule has 2 aromatic rings. The van der Waals surface area contributed by atoms with E-state index in [2.05, 4.69) is 10.4 Å². The number of aryl methyl sites for hydroxylation is 3. The van der Waals surface area contributed by atoms with Crippen molar-refractivity contribution in [3.63, 3.8) is 0 Å². The first-order valence-corrected chi connectivity index (χ1v) is 7.05. The molecule has 0 saturated carbocycles. The van der Waals surface area contributed by atoms with Crippen LogP contribution in [0.25, 0.3) is 0 Å². The molecule has 19 heavy (non-hydrogen) atoms. The van der Waals surface area contributed by atoms with Gasteiger partial charge in [0.15, 0.2) is 0 Å². The summed E-state index contributed by atoms with van der Waals surface area (Å²) >= 11 is 1.64. The number of aromatic nitrogens is 2. The summed E-state index contributed by atoms with van der Waals surface area (Å²) in [6, 6.07) is 2.04. The van der Waals surface area contributed by atoms with E-state index in [0.29, 0.717) is 17.9 Å². The number of nitrogen functional groups attached to an aromatic ring is 1. The van der Waals surface area contributed by atoms with Crippen LogP contribution in [0.5, 0.6) is 0 Å². The zero-order valence-corrected chi connectivity index (χ0v) is 12.2. The summed E-state index contributed by atoms with van der Waals surface area (Å²) in [5.41, 5.74) is 8.82. The normalized spacial score (nSPS) is 10.7. The molecule has 0 aliphatic carbocycles. The molecule has 2 aromatic heterocycles. The average molecular weight is 278 g/mol. The van der Waals surface area contributed by atoms with Crippen LogP contribution in [0.2, 0.25) is 0 Å². The van der Waals surface area contributed by atoms with Crippen LogP contribution in [0.15, 0.2) is 11.4 Å². The van der Waals surface area contributed by atoms with Gasteiger partial charge in [0.05, 0.1) is 17.9 Å². The van der Waals surface area contributed by atoms with Gasteiger partial charge in [-0.2, -0.15) is 5.10 Å². The zero-order chi connectivity index (χ0) is 14.0. The smallest absolute Gasteiger partial charge is 0.271 e. The number of thiophene rings is 1. The predicted octanol–water partition coefficient (Wildman–Crippen LogP) is 1.86. The lowest BCUT2D eigenvalue weighted by Gasteiger charge is -2.06. The molecule has 0 aromatic carbocycles. The monoisotopic (exact) mass is 278 g/mol. The first-order valence-electron chi connectivity index (χ1n) is 6.17. The third-order valence-electron chi connectivity index (χ3n) is 3.09. The number of nitrogens with zero attached hydrogens (tertiary/aromatic N) is 2. The van der Waals surface area contributed by atoms with Crippen molar-refractivity contribution < 1.29 is 4.79 Å². The van der Waals surface area contributed by atoms with Crippen LogP contribution in [0.3, 0.4) is 0 Å². The number of carbonyl (C=O) groups is 1. The standard InChI is InChI=1S/C13H18N4OS/c1-4-9-11(14)12(17(3)16-9)13(18)15-7-10-8(2)5-6-19-10/h5-6H,4,7,14H2,1-3H3,(H,15,18). The minimum atomic E-state index is -0.181. The zero-order valence-electron chi connectivity index (χ0n) is 11.4. The SMILES string of the molecule is CCc1nn(C)c(C(=O)NCc2sccc2C)c1N. The van der Waals surface area contributed by atoms with Gasteiger partial charge in [-0.3, -0.25) is 9.48 Å². The van der Waals surface area contributed by atoms with Crippen LogP contribution in [-0.4, -0.2) is 15.7 Å². The second-order valence-corrected chi connectivity index (χ2v) is 5.40. The van der Waals surface area contributed by atoms with Crippen molar-refractivity contribution in [1.29, 1.82) is 0 Å². The number of nitrogens with two attached hydrogens (primary N) is 1. The Hall–Kier alpha value is -1.82. The Morgan fingerprint density at radius 1 is 1.58 bits per heavy atom. The Bertz CT molecular complexity index is 600. The van der Waals surface area contributed by atoms with Gasteiger partial charge in [0.2, 0.25) is 0 Å². The lowest BCUT2D eigenvalue weighted by molar-refractivity contribution is 0.0943. The van der Waals surface area contributed by atoms with Gasteiger partial charge in [0, 0.05) is 11.9 Å². The van der Waals surface area contributed by atoms with Crippen molar-refractivity contribution in [3.8, 4) is 0 Å². The maximum Gasteiger partial charge on any atom is 0.271 e. The Balaban J connectivity index is 2.12. The fourth-order valence-corrected chi connectivity index (χ4v) is 2.80. The molecular formula is C13H18N4OS. The van der Waals surface area contributed by atoms with Gasteiger partial charge in [-0.15, -0.1) is 11.3 Å². The second-order valence-electron chi connectivity index (χ2n) is 4.40. The molecule has 0 fully saturated rings. The maximum absolute atomic E-state index is 12.2. The topological polar surface area (TPSA) is 72.9 Å². The summed E-state index contributed by atoms with van der Waals surface area (Å²) in [6.07, 6.45) is 0.719. The van der Waals surface area contributed by atoms with E-state index in [4.69, 9.17) is 5.73 Å². The molecule has 5 nitrogen and oxygen atoms in total. The third kappa shape index (κ3) is 2.63. The molecule has 0 saturated heterocycles. The predicted molar refractivity (Wildman–Crippen MR) is 77.2 cm³/mol. The van der Waals surface area contributed by atoms with Crippen molar-refractivity contribution in [2.24, 2.45) is 7.05 Å². The quantitative estimate of drug-likeness (QED) is 0.896. The van der Waals surface area contributed by atoms with E-state index in [1.165, 1.54) is 5.56 Å². The lowest BCUT2D eigenvalue weighted by atomic mass is 10.2. The molecule has 0 radical (unpaired) electrons. The molecule has 2 heterocycles. The summed E-state index contributed by atoms with van der Waals surface area (Å²) < 4.78 is 1.55. The molecule has 0 spiro atoms. The highest BCUT2D eigenvalue weighted by Gasteiger charge is 2.18. The van der Waals surface area contributed by atoms with Gasteiger partial charge in [0.25, 0.3) is 5.91 Å². The van der Waals surface area contributed by atoms with E-state index in [0.717, 1.165) is 17.0 Å². The molecule has 102 valence electrons. The summed E-state index contributed by atoms with van der Waals surface area (Å²) in [5.74, 6) is -0.181. The van der Waals surface area contributed by atoms with Crippen LogP contribution in [-0.2, 0) is 20.0 Å². The van der Waals surface area contributed by atoms with Crippen molar-refractivity contribution in [2.75, 3.05) is 5.73 Å². The Morgan fingerprint density at radius 3 is 2.84 bits per heavy atom. The Morgan fingerprint density at radius 2 is 2.32 bits per heavy atom. The minimum absolute atomic E-state index is 0.181. The number of nitrogens with one attached hydrogen (secondary N) is 1. The van der Waals surface area contributed by atoms with Crippen LogP contribution >= 0.6 is 11.3 Å². The van der Waals surface area contributed by atoms with Gasteiger partial charge >= 0.3 is 0 Å². The van der Waals surface area contributed by atoms with E-state index in [9.17, 15) is 4.79 Å². The molecule has 1 amide bonds. The fourth-order valence-electron chi connectivity index (χ4n) is 1.96. The molecule has 0 aliphatic heterocycles. The number of rotatable bonds is 4. The van der Waals surface area contributed by atoms with Crippen molar-refractivity contribution in [1.82, 2.24) is 15.1 Å². The highest BCUT2D eigenvalue weighted by Crippen LogP contribution is 2.18. The van der Waals surface area contributed by atoms with Gasteiger partial charge in [-0.25, -0.2) is 0 Å². The Kier molecular flexibility index (Phi) is 3.90. The molecule has 2 rings (SSSR count). The molecule has 0 bridgehead atoms. The second kappa shape index (κ2) is 5.44. The first-order chi connectivity index (χ1) is 9.04. The van der Waals surface area contributed by atoms with E-state index in [1.807, 2.05) is 25.3 Å². The molecule has 0 atom stereocenters. The van der Waals surface area contributed by atoms with E-state index >= 15 is 0 Å². The maximum atomic E-state index is 12.2. The van der Waals surface area contributed by atoms with Crippen LogP contribution < -0.4 is 11.1 Å². The summed E-state index contributed by atoms with van der Waals surface area (Å²) in [7, 11) is 1.74. The highest BCUT2D eigenvalue weighted by molar-refractivity contribution is 7.10. The van der Waals surface area contributed by atoms with Crippen LogP contribution in [0.1, 0.15) is 33.5 Å². The number of amides is 1. The van der Waals surface area contributed by atoms with E-state index in [-0.39, 0.29) is 5.91 Å². The summed E-state index contributed by atoms with van der Waals surface area (Å²) in [6.45, 7) is 4.52. The molecule has 3 N–H and O–H groups in total. The first kappa shape index (κ1) is 13.6. The number of anilines is 1. The largest absolute Gasteiger partial charge is 0.395 e. The summed E-state index contributed by atoms with van der Waals surface area (Å²) in [4.78, 5) is 13.3. The summed E-state index contributed by atoms with van der Waals surface area (Å²) in [5, 5.41) is 9.16. The minimum Gasteiger partial charge on any atom is -0.395 e. The van der Waals surface area contributed by atoms with Gasteiger partial charge < -0.3 is 11.1 Å². The van der Waals surface area contributed by atoms with Crippen molar-refractivity contribution in [2.45, 2.75) is 26.8 Å². The Labute approximate surface area is 116 Å². The molecule has 0 unspecified atom stereocenters. The molecule has 0 aliphatic rings. The number of carbonyl (C=O) groups excluding carboxylic acids is 1. The van der Waals surface area contributed by atoms with Crippen LogP contribution in [0, 0.1) is 6.92 Å². The number of hydrogen-bond donors (Lipinski definition) is 2. The van der Waals surface area contributed by atoms with Gasteiger partial charge in [-0.1, -0.05) is 6.92 Å². The molecular weight excluding hydrogens is 260 g/mol. The molecule has 6 heteroatoms. The van der Waals surface area contributed by atoms with E-state index in [1.54, 1.807) is 23.1 Å². The van der Waals surface area contributed by atoms with Crippen LogP contribution in [0.4, 0.5) is 5.69 Å². The van der Waals surface area contributed by atoms with Gasteiger partial charge in [0.1, 0.15) is 5.69 Å². The van der Waals surface area contributed by atoms with Gasteiger partial charge in [-0.05, 0) is 30.4 Å². The highest BCUT2D eigenvalue weighted by atomic mass is 32.1. The van der Waals surface area contributed by atoms with Crippen molar-refractivity contribution >= 4 is 22.9 Å². The van der Waals surface area contributed by atoms with E-state index < -0.39 is 0 Å². The number of hydrogen-bond acceptors (Lipinski definition) is 4.